The first-order chi connectivity index (χ1) is 9.65. The summed E-state index contributed by atoms with van der Waals surface area (Å²) in [4.78, 5) is 4.46. The minimum Gasteiger partial charge on any atom is -0.491 e. The van der Waals surface area contributed by atoms with E-state index in [2.05, 4.69) is 49.9 Å². The minimum absolute atomic E-state index is 0.0507. The topological polar surface area (TPSA) is 38.6 Å². The summed E-state index contributed by atoms with van der Waals surface area (Å²) in [6.07, 6.45) is 4.04. The van der Waals surface area contributed by atoms with Gasteiger partial charge in [-0.05, 0) is 26.0 Å². The molecule has 0 saturated carbocycles. The third kappa shape index (κ3) is 4.64. The van der Waals surface area contributed by atoms with E-state index in [4.69, 9.17) is 4.74 Å². The number of nitrogens with one attached hydrogen (secondary N) is 1. The second-order valence-corrected chi connectivity index (χ2v) is 7.96. The lowest BCUT2D eigenvalue weighted by molar-refractivity contribution is 0.304. The molecule has 0 aromatic carbocycles. The lowest BCUT2D eigenvalue weighted by atomic mass is 9.93. The summed E-state index contributed by atoms with van der Waals surface area (Å²) in [6, 6.07) is 3.95. The largest absolute Gasteiger partial charge is 0.491 e. The molecular weight excluding hydrogens is 282 g/mol. The van der Waals surface area contributed by atoms with Crippen molar-refractivity contribution in [1.82, 2.24) is 14.7 Å². The molecule has 0 aliphatic carbocycles. The number of aromatic nitrogens is 2. The van der Waals surface area contributed by atoms with Crippen molar-refractivity contribution in [3.8, 4) is 5.75 Å². The van der Waals surface area contributed by atoms with Crippen LogP contribution in [0.4, 0.5) is 0 Å². The van der Waals surface area contributed by atoms with Gasteiger partial charge in [-0.25, -0.2) is 4.98 Å². The molecule has 0 radical (unpaired) electrons. The second kappa shape index (κ2) is 5.89. The molecule has 0 fully saturated rings. The van der Waals surface area contributed by atoms with E-state index in [1.165, 1.54) is 0 Å². The standard InChI is InChI=1S/C16H25N3OS/c1-15(2,3)13-11-19-10-12(6-7-14(19)18-13)20-9-8-17-16(4,5)21/h6-7,10-11,17,21H,8-9H2,1-5H3. The summed E-state index contributed by atoms with van der Waals surface area (Å²) >= 11 is 4.41. The van der Waals surface area contributed by atoms with Crippen molar-refractivity contribution < 1.29 is 4.74 Å². The lowest BCUT2D eigenvalue weighted by Gasteiger charge is -2.19. The van der Waals surface area contributed by atoms with Crippen molar-refractivity contribution in [2.24, 2.45) is 0 Å². The van der Waals surface area contributed by atoms with E-state index in [-0.39, 0.29) is 10.3 Å². The smallest absolute Gasteiger partial charge is 0.137 e. The van der Waals surface area contributed by atoms with Crippen LogP contribution >= 0.6 is 12.6 Å². The normalized spacial score (nSPS) is 12.9. The molecule has 21 heavy (non-hydrogen) atoms. The SMILES string of the molecule is CC(C)(S)NCCOc1ccc2nc(C(C)(C)C)cn2c1. The maximum absolute atomic E-state index is 5.76. The fourth-order valence-corrected chi connectivity index (χ4v) is 2.06. The van der Waals surface area contributed by atoms with Crippen LogP contribution in [0.5, 0.6) is 5.75 Å². The Morgan fingerprint density at radius 1 is 1.19 bits per heavy atom. The highest BCUT2D eigenvalue weighted by molar-refractivity contribution is 7.81. The zero-order valence-corrected chi connectivity index (χ0v) is 14.4. The number of thiol groups is 1. The van der Waals surface area contributed by atoms with E-state index in [1.807, 2.05) is 36.6 Å². The molecule has 0 amide bonds. The molecule has 0 unspecified atom stereocenters. The predicted octanol–water partition coefficient (Wildman–Crippen LogP) is 3.27. The van der Waals surface area contributed by atoms with E-state index in [1.54, 1.807) is 0 Å². The van der Waals surface area contributed by atoms with Gasteiger partial charge in [0.05, 0.1) is 16.8 Å². The zero-order valence-electron chi connectivity index (χ0n) is 13.5. The third-order valence-corrected chi connectivity index (χ3v) is 3.28. The summed E-state index contributed by atoms with van der Waals surface area (Å²) in [5, 5.41) is 3.27. The number of rotatable bonds is 5. The summed E-state index contributed by atoms with van der Waals surface area (Å²) < 4.78 is 7.78. The van der Waals surface area contributed by atoms with Gasteiger partial charge in [-0.2, -0.15) is 12.6 Å². The molecule has 1 N–H and O–H groups in total. The fourth-order valence-electron chi connectivity index (χ4n) is 1.94. The maximum atomic E-state index is 5.76. The number of nitrogens with zero attached hydrogens (tertiary/aromatic N) is 2. The molecule has 2 rings (SSSR count). The van der Waals surface area contributed by atoms with Gasteiger partial charge in [0.1, 0.15) is 18.0 Å². The van der Waals surface area contributed by atoms with Crippen molar-refractivity contribution in [1.29, 1.82) is 0 Å². The molecular formula is C16H25N3OS. The molecule has 2 aromatic rings. The first-order valence-electron chi connectivity index (χ1n) is 7.25. The van der Waals surface area contributed by atoms with Crippen molar-refractivity contribution in [3.05, 3.63) is 30.2 Å². The number of fused-ring (bicyclic) bond motifs is 1. The Balaban J connectivity index is 2.02. The van der Waals surface area contributed by atoms with Gasteiger partial charge in [-0.3, -0.25) is 0 Å². The quantitative estimate of drug-likeness (QED) is 0.506. The highest BCUT2D eigenvalue weighted by Gasteiger charge is 2.17. The van der Waals surface area contributed by atoms with Crippen LogP contribution in [0.25, 0.3) is 5.65 Å². The lowest BCUT2D eigenvalue weighted by Crippen LogP contribution is -2.36. The molecule has 5 heteroatoms. The Labute approximate surface area is 132 Å². The van der Waals surface area contributed by atoms with Gasteiger partial charge in [0.2, 0.25) is 0 Å². The molecule has 2 aromatic heterocycles. The molecule has 0 aliphatic heterocycles. The van der Waals surface area contributed by atoms with Crippen molar-refractivity contribution in [3.63, 3.8) is 0 Å². The Bertz CT molecular complexity index is 608. The number of ether oxygens (including phenoxy) is 1. The Morgan fingerprint density at radius 3 is 2.52 bits per heavy atom. The van der Waals surface area contributed by atoms with Gasteiger partial charge in [0.15, 0.2) is 0 Å². The monoisotopic (exact) mass is 307 g/mol. The predicted molar refractivity (Wildman–Crippen MR) is 90.5 cm³/mol. The van der Waals surface area contributed by atoms with E-state index >= 15 is 0 Å². The Morgan fingerprint density at radius 2 is 1.90 bits per heavy atom. The highest BCUT2D eigenvalue weighted by Crippen LogP contribution is 2.23. The molecule has 116 valence electrons. The molecule has 0 bridgehead atoms. The summed E-state index contributed by atoms with van der Waals surface area (Å²) in [7, 11) is 0. The Hall–Kier alpha value is -1.20. The summed E-state index contributed by atoms with van der Waals surface area (Å²) in [6.45, 7) is 11.9. The molecule has 0 saturated heterocycles. The van der Waals surface area contributed by atoms with Crippen molar-refractivity contribution in [2.45, 2.75) is 44.9 Å². The fraction of sp³-hybridized carbons (Fsp3) is 0.562. The average Bonchev–Trinajstić information content (AvgIpc) is 2.76. The van der Waals surface area contributed by atoms with Gasteiger partial charge < -0.3 is 14.5 Å². The second-order valence-electron chi connectivity index (χ2n) is 6.84. The third-order valence-electron chi connectivity index (χ3n) is 3.12. The van der Waals surface area contributed by atoms with Crippen molar-refractivity contribution in [2.75, 3.05) is 13.2 Å². The molecule has 0 atom stereocenters. The summed E-state index contributed by atoms with van der Waals surface area (Å²) in [5.41, 5.74) is 2.08. The van der Waals surface area contributed by atoms with Crippen LogP contribution in [0, 0.1) is 0 Å². The van der Waals surface area contributed by atoms with Crippen LogP contribution in [-0.4, -0.2) is 27.4 Å². The van der Waals surface area contributed by atoms with Crippen LogP contribution < -0.4 is 10.1 Å². The van der Waals surface area contributed by atoms with Gasteiger partial charge in [-0.1, -0.05) is 20.8 Å². The molecule has 4 nitrogen and oxygen atoms in total. The van der Waals surface area contributed by atoms with Crippen LogP contribution in [-0.2, 0) is 5.41 Å². The van der Waals surface area contributed by atoms with E-state index in [0.29, 0.717) is 6.61 Å². The van der Waals surface area contributed by atoms with E-state index in [9.17, 15) is 0 Å². The Kier molecular flexibility index (Phi) is 4.54. The first kappa shape index (κ1) is 16.2. The highest BCUT2D eigenvalue weighted by atomic mass is 32.1. The van der Waals surface area contributed by atoms with Crippen LogP contribution in [0.15, 0.2) is 24.5 Å². The van der Waals surface area contributed by atoms with Gasteiger partial charge in [0, 0.05) is 18.2 Å². The van der Waals surface area contributed by atoms with Gasteiger partial charge >= 0.3 is 0 Å². The average molecular weight is 307 g/mol. The number of hydrogen-bond donors (Lipinski definition) is 2. The number of hydrogen-bond acceptors (Lipinski definition) is 4. The van der Waals surface area contributed by atoms with Gasteiger partial charge in [0.25, 0.3) is 0 Å². The molecule has 0 aliphatic rings. The molecule has 2 heterocycles. The number of pyridine rings is 1. The molecule has 0 spiro atoms. The zero-order chi connectivity index (χ0) is 15.7. The van der Waals surface area contributed by atoms with Crippen LogP contribution in [0.3, 0.4) is 0 Å². The van der Waals surface area contributed by atoms with Crippen LogP contribution in [0.2, 0.25) is 0 Å². The van der Waals surface area contributed by atoms with Gasteiger partial charge in [-0.15, -0.1) is 0 Å². The first-order valence-corrected chi connectivity index (χ1v) is 7.69. The minimum atomic E-state index is -0.181. The van der Waals surface area contributed by atoms with E-state index in [0.717, 1.165) is 23.6 Å². The number of imidazole rings is 1. The summed E-state index contributed by atoms with van der Waals surface area (Å²) in [5.74, 6) is 0.846. The van der Waals surface area contributed by atoms with Crippen molar-refractivity contribution >= 4 is 18.3 Å². The van der Waals surface area contributed by atoms with Crippen LogP contribution in [0.1, 0.15) is 40.3 Å². The maximum Gasteiger partial charge on any atom is 0.137 e. The van der Waals surface area contributed by atoms with E-state index < -0.39 is 0 Å².